The summed E-state index contributed by atoms with van der Waals surface area (Å²) in [6.07, 6.45) is -3.04. The number of nitrogens with two attached hydrogens (primary N) is 1. The Balaban J connectivity index is 2.13. The number of amides is 2. The molecule has 0 saturated heterocycles. The molecule has 126 valence electrons. The molecule has 0 unspecified atom stereocenters. The van der Waals surface area contributed by atoms with E-state index < -0.39 is 23.7 Å². The molecule has 0 bridgehead atoms. The number of carbonyl (C=O) groups excluding carboxylic acids is 2. The Hall–Kier alpha value is -2.55. The first-order chi connectivity index (χ1) is 11.3. The smallest absolute Gasteiger partial charge is 0.366 e. The largest absolute Gasteiger partial charge is 0.398 e. The van der Waals surface area contributed by atoms with E-state index in [4.69, 9.17) is 5.73 Å². The highest BCUT2D eigenvalue weighted by Gasteiger charge is 2.28. The number of aromatic nitrogens is 1. The first kappa shape index (κ1) is 17.8. The van der Waals surface area contributed by atoms with Gasteiger partial charge < -0.3 is 11.1 Å². The number of anilines is 1. The molecular formula is C15H12F3N3O2S. The van der Waals surface area contributed by atoms with Gasteiger partial charge in [-0.05, 0) is 36.4 Å². The second kappa shape index (κ2) is 7.35. The average molecular weight is 355 g/mol. The van der Waals surface area contributed by atoms with E-state index >= 15 is 0 Å². The van der Waals surface area contributed by atoms with E-state index in [0.717, 1.165) is 0 Å². The van der Waals surface area contributed by atoms with Gasteiger partial charge in [-0.25, -0.2) is 4.98 Å². The highest BCUT2D eigenvalue weighted by Crippen LogP contribution is 2.28. The number of nitrogens with zero attached hydrogens (tertiary/aromatic N) is 1. The minimum absolute atomic E-state index is 0.0129. The summed E-state index contributed by atoms with van der Waals surface area (Å²) in [7, 11) is 0. The molecule has 24 heavy (non-hydrogen) atoms. The summed E-state index contributed by atoms with van der Waals surface area (Å²) >= 11 is 0.441. The minimum Gasteiger partial charge on any atom is -0.366 e. The van der Waals surface area contributed by atoms with Crippen LogP contribution in [0.1, 0.15) is 20.7 Å². The molecule has 0 aliphatic carbocycles. The van der Waals surface area contributed by atoms with Crippen LogP contribution in [0.3, 0.4) is 0 Å². The quantitative estimate of drug-likeness (QED) is 0.807. The molecule has 1 aromatic heterocycles. The highest BCUT2D eigenvalue weighted by atomic mass is 32.2. The summed E-state index contributed by atoms with van der Waals surface area (Å²) in [6, 6.07) is 8.65. The molecule has 1 heterocycles. The van der Waals surface area contributed by atoms with Gasteiger partial charge in [0, 0.05) is 17.4 Å². The number of hydrogen-bond acceptors (Lipinski definition) is 4. The molecule has 2 aromatic rings. The van der Waals surface area contributed by atoms with E-state index in [0.29, 0.717) is 17.4 Å². The molecule has 1 aromatic carbocycles. The number of hydrogen-bond donors (Lipinski definition) is 2. The lowest BCUT2D eigenvalue weighted by molar-refractivity contribution is -0.105. The van der Waals surface area contributed by atoms with E-state index in [9.17, 15) is 22.8 Å². The predicted molar refractivity (Wildman–Crippen MR) is 83.9 cm³/mol. The van der Waals surface area contributed by atoms with Crippen molar-refractivity contribution in [2.75, 3.05) is 11.1 Å². The fourth-order valence-corrected chi connectivity index (χ4v) is 2.50. The van der Waals surface area contributed by atoms with Crippen LogP contribution in [0.4, 0.5) is 18.9 Å². The third-order valence-corrected chi connectivity index (χ3v) is 3.89. The van der Waals surface area contributed by atoms with Gasteiger partial charge in [-0.3, -0.25) is 9.59 Å². The summed E-state index contributed by atoms with van der Waals surface area (Å²) in [6.45, 7) is 0. The Bertz CT molecular complexity index is 748. The molecule has 2 amide bonds. The summed E-state index contributed by atoms with van der Waals surface area (Å²) in [4.78, 5) is 27.0. The molecule has 9 heteroatoms. The van der Waals surface area contributed by atoms with E-state index in [1.807, 2.05) is 0 Å². The molecule has 0 saturated carbocycles. The van der Waals surface area contributed by atoms with Gasteiger partial charge in [0.15, 0.2) is 0 Å². The van der Waals surface area contributed by atoms with Crippen LogP contribution >= 0.6 is 11.8 Å². The number of rotatable bonds is 5. The van der Waals surface area contributed by atoms with Crippen molar-refractivity contribution < 1.29 is 22.8 Å². The maximum absolute atomic E-state index is 12.3. The molecule has 2 rings (SSSR count). The minimum atomic E-state index is -4.36. The fourth-order valence-electron chi connectivity index (χ4n) is 1.75. The Morgan fingerprint density at radius 1 is 1.17 bits per heavy atom. The number of pyridine rings is 1. The number of carbonyl (C=O) groups is 2. The molecular weight excluding hydrogens is 343 g/mol. The highest BCUT2D eigenvalue weighted by molar-refractivity contribution is 7.99. The van der Waals surface area contributed by atoms with E-state index in [-0.39, 0.29) is 16.2 Å². The van der Waals surface area contributed by atoms with Gasteiger partial charge in [0.1, 0.15) is 5.03 Å². The number of primary amides is 1. The van der Waals surface area contributed by atoms with Crippen LogP contribution in [0.15, 0.2) is 47.6 Å². The fraction of sp³-hybridized carbons (Fsp3) is 0.133. The number of halogens is 3. The Morgan fingerprint density at radius 2 is 1.83 bits per heavy atom. The van der Waals surface area contributed by atoms with Crippen LogP contribution in [0, 0.1) is 0 Å². The third-order valence-electron chi connectivity index (χ3n) is 2.82. The van der Waals surface area contributed by atoms with Crippen molar-refractivity contribution in [1.82, 2.24) is 4.98 Å². The summed E-state index contributed by atoms with van der Waals surface area (Å²) in [5, 5.41) is 2.52. The zero-order chi connectivity index (χ0) is 17.7. The molecule has 0 fully saturated rings. The molecule has 0 radical (unpaired) electrons. The van der Waals surface area contributed by atoms with Crippen LogP contribution in [-0.2, 0) is 0 Å². The van der Waals surface area contributed by atoms with Gasteiger partial charge >= 0.3 is 6.18 Å². The number of benzene rings is 1. The monoisotopic (exact) mass is 355 g/mol. The van der Waals surface area contributed by atoms with E-state index in [1.54, 1.807) is 0 Å². The topological polar surface area (TPSA) is 85.1 Å². The zero-order valence-electron chi connectivity index (χ0n) is 12.1. The molecule has 3 N–H and O–H groups in total. The summed E-state index contributed by atoms with van der Waals surface area (Å²) in [5.41, 5.74) is 5.80. The second-order valence-corrected chi connectivity index (χ2v) is 5.62. The summed E-state index contributed by atoms with van der Waals surface area (Å²) < 4.78 is 37.0. The van der Waals surface area contributed by atoms with Gasteiger partial charge in [-0.15, -0.1) is 0 Å². The van der Waals surface area contributed by atoms with Gasteiger partial charge in [0.25, 0.3) is 5.91 Å². The van der Waals surface area contributed by atoms with Crippen molar-refractivity contribution in [3.63, 3.8) is 0 Å². The lowest BCUT2D eigenvalue weighted by Crippen LogP contribution is -2.16. The maximum atomic E-state index is 12.3. The van der Waals surface area contributed by atoms with Gasteiger partial charge in [-0.2, -0.15) is 13.2 Å². The van der Waals surface area contributed by atoms with Crippen LogP contribution in [0.2, 0.25) is 0 Å². The van der Waals surface area contributed by atoms with Crippen molar-refractivity contribution in [3.05, 3.63) is 53.7 Å². The standard InChI is InChI=1S/C15H12F3N3O2S/c16-15(17,18)8-24-14-11(2-1-7-20-14)13(23)21-10-5-3-9(4-6-10)12(19)22/h1-7H,8H2,(H2,19,22)(H,21,23). The van der Waals surface area contributed by atoms with Crippen LogP contribution in [0.5, 0.6) is 0 Å². The predicted octanol–water partition coefficient (Wildman–Crippen LogP) is 3.09. The van der Waals surface area contributed by atoms with Crippen molar-refractivity contribution in [2.24, 2.45) is 5.73 Å². The Kier molecular flexibility index (Phi) is 5.45. The van der Waals surface area contributed by atoms with Crippen molar-refractivity contribution >= 4 is 29.3 Å². The first-order valence-electron chi connectivity index (χ1n) is 6.62. The van der Waals surface area contributed by atoms with Gasteiger partial charge in [-0.1, -0.05) is 11.8 Å². The van der Waals surface area contributed by atoms with Crippen LogP contribution in [-0.4, -0.2) is 28.7 Å². The number of alkyl halides is 3. The third kappa shape index (κ3) is 4.98. The maximum Gasteiger partial charge on any atom is 0.398 e. The lowest BCUT2D eigenvalue weighted by Gasteiger charge is -2.10. The number of thioether (sulfide) groups is 1. The van der Waals surface area contributed by atoms with Crippen molar-refractivity contribution in [3.8, 4) is 0 Å². The average Bonchev–Trinajstić information content (AvgIpc) is 2.53. The second-order valence-electron chi connectivity index (χ2n) is 4.66. The molecule has 0 atom stereocenters. The molecule has 0 aliphatic rings. The van der Waals surface area contributed by atoms with E-state index in [1.165, 1.54) is 42.6 Å². The first-order valence-corrected chi connectivity index (χ1v) is 7.60. The van der Waals surface area contributed by atoms with Gasteiger partial charge in [0.05, 0.1) is 11.3 Å². The van der Waals surface area contributed by atoms with Crippen molar-refractivity contribution in [2.45, 2.75) is 11.2 Å². The normalized spacial score (nSPS) is 11.1. The molecule has 0 spiro atoms. The Labute approximate surface area is 139 Å². The van der Waals surface area contributed by atoms with Gasteiger partial charge in [0.2, 0.25) is 5.91 Å². The number of nitrogens with one attached hydrogen (secondary N) is 1. The SMILES string of the molecule is NC(=O)c1ccc(NC(=O)c2cccnc2SCC(F)(F)F)cc1. The zero-order valence-corrected chi connectivity index (χ0v) is 12.9. The van der Waals surface area contributed by atoms with Crippen molar-refractivity contribution in [1.29, 1.82) is 0 Å². The Morgan fingerprint density at radius 3 is 2.42 bits per heavy atom. The van der Waals surface area contributed by atoms with Crippen LogP contribution in [0.25, 0.3) is 0 Å². The summed E-state index contributed by atoms with van der Waals surface area (Å²) in [5.74, 6) is -2.34. The lowest BCUT2D eigenvalue weighted by atomic mass is 10.2. The van der Waals surface area contributed by atoms with Crippen LogP contribution < -0.4 is 11.1 Å². The molecule has 0 aliphatic heterocycles. The van der Waals surface area contributed by atoms with E-state index in [2.05, 4.69) is 10.3 Å². The molecule has 5 nitrogen and oxygen atoms in total.